The minimum atomic E-state index is -0.778. The number of hydrogen-bond acceptors (Lipinski definition) is 4. The van der Waals surface area contributed by atoms with Crippen LogP contribution in [0.15, 0.2) is 0 Å². The smallest absolute Gasteiger partial charge is 0.304 e. The molecule has 2 unspecified atom stereocenters. The molecule has 0 saturated carbocycles. The first-order valence-electron chi connectivity index (χ1n) is 4.44. The van der Waals surface area contributed by atoms with Crippen LogP contribution in [0.25, 0.3) is 0 Å². The molecule has 0 aliphatic carbocycles. The Morgan fingerprint density at radius 1 is 1.62 bits per heavy atom. The zero-order chi connectivity index (χ0) is 10.3. The third kappa shape index (κ3) is 7.70. The Labute approximate surface area is 78.7 Å². The second-order valence-corrected chi connectivity index (χ2v) is 3.11. The quantitative estimate of drug-likeness (QED) is 0.399. The van der Waals surface area contributed by atoms with Crippen molar-refractivity contribution in [3.8, 4) is 0 Å². The van der Waals surface area contributed by atoms with Gasteiger partial charge in [0, 0.05) is 6.04 Å². The highest BCUT2D eigenvalue weighted by Gasteiger charge is 2.10. The fourth-order valence-corrected chi connectivity index (χ4v) is 1.04. The Kier molecular flexibility index (Phi) is 6.48. The highest BCUT2D eigenvalue weighted by molar-refractivity contribution is 5.67. The van der Waals surface area contributed by atoms with Crippen molar-refractivity contribution in [2.75, 3.05) is 13.6 Å². The van der Waals surface area contributed by atoms with Crippen LogP contribution >= 0.6 is 0 Å². The first-order valence-corrected chi connectivity index (χ1v) is 4.44. The molecule has 0 aromatic rings. The van der Waals surface area contributed by atoms with E-state index >= 15 is 0 Å². The molecule has 0 aromatic heterocycles. The van der Waals surface area contributed by atoms with Gasteiger partial charge in [0.1, 0.15) is 0 Å². The van der Waals surface area contributed by atoms with Gasteiger partial charge >= 0.3 is 5.97 Å². The third-order valence-electron chi connectivity index (χ3n) is 1.79. The van der Waals surface area contributed by atoms with E-state index in [4.69, 9.17) is 10.8 Å². The van der Waals surface area contributed by atoms with Crippen molar-refractivity contribution in [3.63, 3.8) is 0 Å². The molecule has 0 aliphatic heterocycles. The van der Waals surface area contributed by atoms with E-state index in [1.165, 1.54) is 0 Å². The minimum absolute atomic E-state index is 0.0174. The van der Waals surface area contributed by atoms with E-state index in [1.54, 1.807) is 7.05 Å². The summed E-state index contributed by atoms with van der Waals surface area (Å²) in [7, 11) is 1.76. The molecular weight excluding hydrogens is 170 g/mol. The van der Waals surface area contributed by atoms with Crippen molar-refractivity contribution in [1.29, 1.82) is 0 Å². The topological polar surface area (TPSA) is 87.4 Å². The summed E-state index contributed by atoms with van der Waals surface area (Å²) in [5.41, 5.74) is 5.47. The van der Waals surface area contributed by atoms with Gasteiger partial charge in [0.25, 0.3) is 0 Å². The SMILES string of the molecule is CNC(CCNC(C)N)CC(=O)O. The molecule has 0 bridgehead atoms. The Morgan fingerprint density at radius 3 is 2.62 bits per heavy atom. The first kappa shape index (κ1) is 12.3. The van der Waals surface area contributed by atoms with Gasteiger partial charge in [0.05, 0.1) is 12.6 Å². The first-order chi connectivity index (χ1) is 6.06. The average Bonchev–Trinajstić information content (AvgIpc) is 2.01. The van der Waals surface area contributed by atoms with Crippen molar-refractivity contribution in [2.45, 2.75) is 32.0 Å². The largest absolute Gasteiger partial charge is 0.481 e. The molecule has 0 rings (SSSR count). The van der Waals surface area contributed by atoms with E-state index in [0.29, 0.717) is 0 Å². The number of nitrogens with one attached hydrogen (secondary N) is 2. The summed E-state index contributed by atoms with van der Waals surface area (Å²) in [6.07, 6.45) is 0.879. The van der Waals surface area contributed by atoms with Crippen LogP contribution in [0.2, 0.25) is 0 Å². The lowest BCUT2D eigenvalue weighted by Crippen LogP contribution is -2.38. The summed E-state index contributed by atoms with van der Waals surface area (Å²) in [5.74, 6) is -0.778. The zero-order valence-electron chi connectivity index (χ0n) is 8.21. The number of hydrogen-bond donors (Lipinski definition) is 4. The summed E-state index contributed by atoms with van der Waals surface area (Å²) in [5, 5.41) is 14.5. The summed E-state index contributed by atoms with van der Waals surface area (Å²) in [6, 6.07) is 0.0174. The van der Waals surface area contributed by atoms with Gasteiger partial charge in [-0.3, -0.25) is 4.79 Å². The molecule has 5 nitrogen and oxygen atoms in total. The van der Waals surface area contributed by atoms with Crippen molar-refractivity contribution in [1.82, 2.24) is 10.6 Å². The Bertz CT molecular complexity index is 150. The van der Waals surface area contributed by atoms with Crippen LogP contribution in [0.3, 0.4) is 0 Å². The minimum Gasteiger partial charge on any atom is -0.481 e. The summed E-state index contributed by atoms with van der Waals surface area (Å²) < 4.78 is 0. The van der Waals surface area contributed by atoms with Gasteiger partial charge in [0.15, 0.2) is 0 Å². The molecule has 0 aromatic carbocycles. The number of rotatable bonds is 7. The number of carbonyl (C=O) groups is 1. The molecule has 0 fully saturated rings. The molecule has 5 heteroatoms. The number of nitrogens with two attached hydrogens (primary N) is 1. The zero-order valence-corrected chi connectivity index (χ0v) is 8.21. The highest BCUT2D eigenvalue weighted by atomic mass is 16.4. The van der Waals surface area contributed by atoms with E-state index in [1.807, 2.05) is 6.92 Å². The van der Waals surface area contributed by atoms with Crippen LogP contribution in [0.5, 0.6) is 0 Å². The maximum Gasteiger partial charge on any atom is 0.304 e. The van der Waals surface area contributed by atoms with E-state index in [9.17, 15) is 4.79 Å². The van der Waals surface area contributed by atoms with Crippen LogP contribution in [0, 0.1) is 0 Å². The van der Waals surface area contributed by atoms with Gasteiger partial charge in [-0.05, 0) is 26.9 Å². The molecule has 0 amide bonds. The molecule has 2 atom stereocenters. The summed E-state index contributed by atoms with van der Waals surface area (Å²) in [4.78, 5) is 10.4. The van der Waals surface area contributed by atoms with Crippen molar-refractivity contribution >= 4 is 5.97 Å². The Hall–Kier alpha value is -0.650. The van der Waals surface area contributed by atoms with Crippen molar-refractivity contribution in [3.05, 3.63) is 0 Å². The number of aliphatic carboxylic acids is 1. The van der Waals surface area contributed by atoms with Gasteiger partial charge in [-0.25, -0.2) is 0 Å². The predicted molar refractivity (Wildman–Crippen MR) is 51.4 cm³/mol. The maximum absolute atomic E-state index is 10.4. The molecule has 0 aliphatic rings. The molecule has 13 heavy (non-hydrogen) atoms. The third-order valence-corrected chi connectivity index (χ3v) is 1.79. The molecule has 0 saturated heterocycles. The van der Waals surface area contributed by atoms with Gasteiger partial charge in [-0.1, -0.05) is 0 Å². The molecule has 0 radical (unpaired) electrons. The highest BCUT2D eigenvalue weighted by Crippen LogP contribution is 1.96. The lowest BCUT2D eigenvalue weighted by Gasteiger charge is -2.15. The van der Waals surface area contributed by atoms with Crippen LogP contribution in [0.1, 0.15) is 19.8 Å². The maximum atomic E-state index is 10.4. The number of carboxylic acids is 1. The second-order valence-electron chi connectivity index (χ2n) is 3.11. The standard InChI is InChI=1S/C8H19N3O2/c1-6(9)11-4-3-7(10-2)5-8(12)13/h6-7,10-11H,3-5,9H2,1-2H3,(H,12,13). The van der Waals surface area contributed by atoms with E-state index in [-0.39, 0.29) is 18.6 Å². The van der Waals surface area contributed by atoms with Crippen molar-refractivity contribution in [2.24, 2.45) is 5.73 Å². The van der Waals surface area contributed by atoms with E-state index < -0.39 is 5.97 Å². The van der Waals surface area contributed by atoms with Gasteiger partial charge in [-0.2, -0.15) is 0 Å². The van der Waals surface area contributed by atoms with Crippen LogP contribution in [0.4, 0.5) is 0 Å². The van der Waals surface area contributed by atoms with E-state index in [0.717, 1.165) is 13.0 Å². The fraction of sp³-hybridized carbons (Fsp3) is 0.875. The van der Waals surface area contributed by atoms with Crippen LogP contribution in [-0.4, -0.2) is 36.9 Å². The molecular formula is C8H19N3O2. The predicted octanol–water partition coefficient (Wildman–Crippen LogP) is -0.666. The fourth-order valence-electron chi connectivity index (χ4n) is 1.04. The number of carboxylic acid groups (broad SMARTS) is 1. The van der Waals surface area contributed by atoms with Gasteiger partial charge < -0.3 is 21.5 Å². The summed E-state index contributed by atoms with van der Waals surface area (Å²) in [6.45, 7) is 2.59. The molecule has 5 N–H and O–H groups in total. The summed E-state index contributed by atoms with van der Waals surface area (Å²) >= 11 is 0. The van der Waals surface area contributed by atoms with Crippen LogP contribution < -0.4 is 16.4 Å². The van der Waals surface area contributed by atoms with Crippen molar-refractivity contribution < 1.29 is 9.90 Å². The molecule has 0 spiro atoms. The lowest BCUT2D eigenvalue weighted by atomic mass is 10.1. The Morgan fingerprint density at radius 2 is 2.23 bits per heavy atom. The van der Waals surface area contributed by atoms with Gasteiger partial charge in [0.2, 0.25) is 0 Å². The van der Waals surface area contributed by atoms with Gasteiger partial charge in [-0.15, -0.1) is 0 Å². The second kappa shape index (κ2) is 6.82. The van der Waals surface area contributed by atoms with Crippen LogP contribution in [-0.2, 0) is 4.79 Å². The average molecular weight is 189 g/mol. The van der Waals surface area contributed by atoms with E-state index in [2.05, 4.69) is 10.6 Å². The molecule has 78 valence electrons. The Balaban J connectivity index is 3.53. The lowest BCUT2D eigenvalue weighted by molar-refractivity contribution is -0.137. The monoisotopic (exact) mass is 189 g/mol. The molecule has 0 heterocycles. The normalized spacial score (nSPS) is 15.3.